The first-order valence-electron chi connectivity index (χ1n) is 5.27. The quantitative estimate of drug-likeness (QED) is 0.755. The lowest BCUT2D eigenvalue weighted by Gasteiger charge is -2.10. The van der Waals surface area contributed by atoms with Crippen LogP contribution in [-0.4, -0.2) is 12.6 Å². The average molecular weight is 263 g/mol. The summed E-state index contributed by atoms with van der Waals surface area (Å²) in [6, 6.07) is 4.32. The minimum Gasteiger partial charge on any atom is -0.466 e. The molecular weight excluding hydrogens is 250 g/mol. The molecule has 0 heterocycles. The van der Waals surface area contributed by atoms with Gasteiger partial charge in [-0.3, -0.25) is 4.79 Å². The molecule has 1 rings (SSSR count). The van der Waals surface area contributed by atoms with Gasteiger partial charge in [-0.15, -0.1) is 0 Å². The highest BCUT2D eigenvalue weighted by Crippen LogP contribution is 2.29. The van der Waals surface area contributed by atoms with E-state index in [9.17, 15) is 13.6 Å². The number of carbonyl (C=O) groups is 1. The molecule has 0 radical (unpaired) electrons. The summed E-state index contributed by atoms with van der Waals surface area (Å²) in [7, 11) is 0. The Kier molecular flexibility index (Phi) is 5.35. The maximum atomic E-state index is 12.7. The lowest BCUT2D eigenvalue weighted by Crippen LogP contribution is -2.06. The minimum absolute atomic E-state index is 0.0529. The van der Waals surface area contributed by atoms with E-state index in [1.54, 1.807) is 6.92 Å². The molecule has 5 heteroatoms. The number of halogens is 3. The average Bonchev–Trinajstić information content (AvgIpc) is 2.27. The Morgan fingerprint density at radius 2 is 2.18 bits per heavy atom. The fourth-order valence-corrected chi connectivity index (χ4v) is 1.78. The highest BCUT2D eigenvalue weighted by atomic mass is 35.5. The van der Waals surface area contributed by atoms with Crippen LogP contribution in [-0.2, 0) is 16.0 Å². The first-order chi connectivity index (χ1) is 8.06. The Morgan fingerprint density at radius 3 is 2.76 bits per heavy atom. The van der Waals surface area contributed by atoms with Crippen LogP contribution in [0.3, 0.4) is 0 Å². The van der Waals surface area contributed by atoms with E-state index in [0.717, 1.165) is 0 Å². The Balaban J connectivity index is 2.79. The van der Waals surface area contributed by atoms with Gasteiger partial charge >= 0.3 is 5.97 Å². The van der Waals surface area contributed by atoms with E-state index in [4.69, 9.17) is 16.3 Å². The van der Waals surface area contributed by atoms with E-state index in [1.165, 1.54) is 18.2 Å². The molecule has 0 spiro atoms. The van der Waals surface area contributed by atoms with Crippen LogP contribution in [0.4, 0.5) is 8.78 Å². The van der Waals surface area contributed by atoms with Crippen molar-refractivity contribution in [2.45, 2.75) is 26.2 Å². The summed E-state index contributed by atoms with van der Waals surface area (Å²) in [6.45, 7) is 1.97. The third-order valence-corrected chi connectivity index (χ3v) is 2.63. The Hall–Kier alpha value is -1.16. The number of esters is 1. The van der Waals surface area contributed by atoms with Crippen LogP contribution >= 0.6 is 11.6 Å². The van der Waals surface area contributed by atoms with Crippen molar-refractivity contribution in [3.8, 4) is 0 Å². The van der Waals surface area contributed by atoms with Gasteiger partial charge in [0, 0.05) is 17.0 Å². The molecule has 0 N–H and O–H groups in total. The van der Waals surface area contributed by atoms with Gasteiger partial charge in [0.1, 0.15) is 0 Å². The van der Waals surface area contributed by atoms with Crippen LogP contribution < -0.4 is 0 Å². The molecule has 0 fully saturated rings. The summed E-state index contributed by atoms with van der Waals surface area (Å²) in [5.41, 5.74) is 0.194. The van der Waals surface area contributed by atoms with Crippen LogP contribution in [0.25, 0.3) is 0 Å². The Morgan fingerprint density at radius 1 is 1.47 bits per heavy atom. The first kappa shape index (κ1) is 13.9. The minimum atomic E-state index is -2.59. The van der Waals surface area contributed by atoms with Gasteiger partial charge in [0.2, 0.25) is 0 Å². The van der Waals surface area contributed by atoms with Crippen molar-refractivity contribution in [2.24, 2.45) is 0 Å². The second kappa shape index (κ2) is 6.55. The second-order valence-corrected chi connectivity index (χ2v) is 3.82. The summed E-state index contributed by atoms with van der Waals surface area (Å²) in [5, 5.41) is 0.257. The van der Waals surface area contributed by atoms with E-state index in [-0.39, 0.29) is 30.0 Å². The van der Waals surface area contributed by atoms with Crippen LogP contribution in [0.2, 0.25) is 5.02 Å². The zero-order valence-corrected chi connectivity index (χ0v) is 10.1. The van der Waals surface area contributed by atoms with Crippen molar-refractivity contribution in [3.05, 3.63) is 34.3 Å². The largest absolute Gasteiger partial charge is 0.466 e. The molecule has 2 nitrogen and oxygen atoms in total. The smallest absolute Gasteiger partial charge is 0.306 e. The topological polar surface area (TPSA) is 26.3 Å². The maximum absolute atomic E-state index is 12.7. The molecule has 0 aliphatic heterocycles. The molecule has 0 amide bonds. The van der Waals surface area contributed by atoms with Crippen LogP contribution in [0.15, 0.2) is 18.2 Å². The summed E-state index contributed by atoms with van der Waals surface area (Å²) in [5.74, 6) is -0.410. The van der Waals surface area contributed by atoms with Crippen LogP contribution in [0.5, 0.6) is 0 Å². The van der Waals surface area contributed by atoms with Gasteiger partial charge in [-0.2, -0.15) is 0 Å². The molecule has 0 atom stereocenters. The zero-order valence-electron chi connectivity index (χ0n) is 9.38. The number of hydrogen-bond acceptors (Lipinski definition) is 2. The molecule has 0 aliphatic carbocycles. The van der Waals surface area contributed by atoms with Crippen molar-refractivity contribution < 1.29 is 18.3 Å². The van der Waals surface area contributed by atoms with E-state index in [1.807, 2.05) is 0 Å². The fraction of sp³-hybridized carbons (Fsp3) is 0.417. The standard InChI is InChI=1S/C12H13ClF2O2/c1-2-17-11(16)7-6-8-9(12(14)15)4-3-5-10(8)13/h3-5,12H,2,6-7H2,1H3. The lowest BCUT2D eigenvalue weighted by atomic mass is 10.0. The van der Waals surface area contributed by atoms with E-state index < -0.39 is 12.4 Å². The molecule has 1 aromatic carbocycles. The Bertz CT molecular complexity index is 394. The van der Waals surface area contributed by atoms with Gasteiger partial charge < -0.3 is 4.74 Å². The van der Waals surface area contributed by atoms with E-state index >= 15 is 0 Å². The zero-order chi connectivity index (χ0) is 12.8. The van der Waals surface area contributed by atoms with Crippen molar-refractivity contribution in [1.29, 1.82) is 0 Å². The van der Waals surface area contributed by atoms with Crippen LogP contribution in [0.1, 0.15) is 30.9 Å². The predicted molar refractivity (Wildman–Crippen MR) is 61.4 cm³/mol. The molecule has 0 unspecified atom stereocenters. The van der Waals surface area contributed by atoms with E-state index in [2.05, 4.69) is 0 Å². The molecule has 0 aliphatic rings. The second-order valence-electron chi connectivity index (χ2n) is 3.41. The van der Waals surface area contributed by atoms with Crippen LogP contribution in [0, 0.1) is 0 Å². The lowest BCUT2D eigenvalue weighted by molar-refractivity contribution is -0.143. The molecule has 0 saturated heterocycles. The highest BCUT2D eigenvalue weighted by Gasteiger charge is 2.16. The highest BCUT2D eigenvalue weighted by molar-refractivity contribution is 6.31. The summed E-state index contributed by atoms with van der Waals surface area (Å²) in [4.78, 5) is 11.2. The van der Waals surface area contributed by atoms with Crippen molar-refractivity contribution >= 4 is 17.6 Å². The summed E-state index contributed by atoms with van der Waals surface area (Å²) in [6.07, 6.45) is -2.37. The van der Waals surface area contributed by atoms with Gasteiger partial charge in [0.15, 0.2) is 0 Å². The molecule has 1 aromatic rings. The Labute approximate surface area is 104 Å². The van der Waals surface area contributed by atoms with E-state index in [0.29, 0.717) is 5.56 Å². The summed E-state index contributed by atoms with van der Waals surface area (Å²) < 4.78 is 30.1. The van der Waals surface area contributed by atoms with Gasteiger partial charge in [0.25, 0.3) is 6.43 Å². The summed E-state index contributed by atoms with van der Waals surface area (Å²) >= 11 is 5.85. The van der Waals surface area contributed by atoms with Gasteiger partial charge in [0.05, 0.1) is 6.61 Å². The molecule has 17 heavy (non-hydrogen) atoms. The molecule has 0 saturated carbocycles. The molecule has 0 bridgehead atoms. The normalized spacial score (nSPS) is 10.6. The molecule has 94 valence electrons. The number of ether oxygens (including phenoxy) is 1. The maximum Gasteiger partial charge on any atom is 0.306 e. The number of rotatable bonds is 5. The number of alkyl halides is 2. The molecule has 0 aromatic heterocycles. The van der Waals surface area contributed by atoms with Crippen molar-refractivity contribution in [2.75, 3.05) is 6.61 Å². The van der Waals surface area contributed by atoms with Crippen molar-refractivity contribution in [3.63, 3.8) is 0 Å². The van der Waals surface area contributed by atoms with Gasteiger partial charge in [-0.25, -0.2) is 8.78 Å². The molecular formula is C12H13ClF2O2. The monoisotopic (exact) mass is 262 g/mol. The first-order valence-corrected chi connectivity index (χ1v) is 5.65. The SMILES string of the molecule is CCOC(=O)CCc1c(Cl)cccc1C(F)F. The van der Waals surface area contributed by atoms with Crippen molar-refractivity contribution in [1.82, 2.24) is 0 Å². The number of benzene rings is 1. The van der Waals surface area contributed by atoms with Gasteiger partial charge in [-0.05, 0) is 25.0 Å². The third-order valence-electron chi connectivity index (χ3n) is 2.27. The number of hydrogen-bond donors (Lipinski definition) is 0. The number of carbonyl (C=O) groups excluding carboxylic acids is 1. The van der Waals surface area contributed by atoms with Gasteiger partial charge in [-0.1, -0.05) is 23.7 Å². The third kappa shape index (κ3) is 3.97. The fourth-order valence-electron chi connectivity index (χ4n) is 1.50. The predicted octanol–water partition coefficient (Wildman–Crippen LogP) is 3.77.